The van der Waals surface area contributed by atoms with Gasteiger partial charge in [-0.2, -0.15) is 4.39 Å². The molecule has 2 fully saturated rings. The molecule has 0 saturated heterocycles. The maximum Gasteiger partial charge on any atom is 0.200 e. The van der Waals surface area contributed by atoms with Crippen LogP contribution in [0.4, 0.5) is 8.78 Å². The van der Waals surface area contributed by atoms with Gasteiger partial charge in [-0.3, -0.25) is 0 Å². The Morgan fingerprint density at radius 3 is 2.38 bits per heavy atom. The topological polar surface area (TPSA) is 9.23 Å². The number of ether oxygens (including phenoxy) is 1. The summed E-state index contributed by atoms with van der Waals surface area (Å²) in [6.45, 7) is 0. The minimum atomic E-state index is -0.889. The fourth-order valence-corrected chi connectivity index (χ4v) is 5.16. The number of rotatable bonds is 2. The molecule has 2 saturated carbocycles. The molecular formula is C16H18Br2F2O. The molecule has 116 valence electrons. The first-order valence-electron chi connectivity index (χ1n) is 7.48. The van der Waals surface area contributed by atoms with E-state index in [1.165, 1.54) is 31.7 Å². The minimum absolute atomic E-state index is 0.0231. The van der Waals surface area contributed by atoms with Crippen LogP contribution < -0.4 is 4.74 Å². The van der Waals surface area contributed by atoms with Crippen LogP contribution in [0.25, 0.3) is 0 Å². The van der Waals surface area contributed by atoms with Crippen molar-refractivity contribution in [1.82, 2.24) is 0 Å². The zero-order valence-electron chi connectivity index (χ0n) is 11.7. The molecule has 2 aliphatic rings. The largest absolute Gasteiger partial charge is 0.487 e. The predicted molar refractivity (Wildman–Crippen MR) is 85.9 cm³/mol. The van der Waals surface area contributed by atoms with E-state index in [1.54, 1.807) is 0 Å². The highest BCUT2D eigenvalue weighted by molar-refractivity contribution is 9.10. The second-order valence-electron chi connectivity index (χ2n) is 6.16. The Morgan fingerprint density at radius 2 is 1.76 bits per heavy atom. The highest BCUT2D eigenvalue weighted by Gasteiger charge is 2.55. The average molecular weight is 424 g/mol. The van der Waals surface area contributed by atoms with Crippen molar-refractivity contribution in [3.05, 3.63) is 28.2 Å². The summed E-state index contributed by atoms with van der Waals surface area (Å²) in [6, 6.07) is 2.64. The smallest absolute Gasteiger partial charge is 0.200 e. The van der Waals surface area contributed by atoms with Gasteiger partial charge in [-0.1, -0.05) is 57.5 Å². The van der Waals surface area contributed by atoms with Gasteiger partial charge in [0.1, 0.15) is 6.10 Å². The molecule has 0 N–H and O–H groups in total. The van der Waals surface area contributed by atoms with Crippen molar-refractivity contribution in [2.24, 2.45) is 5.41 Å². The average Bonchev–Trinajstić information content (AvgIpc) is 2.71. The van der Waals surface area contributed by atoms with Crippen molar-refractivity contribution >= 4 is 31.9 Å². The molecule has 2 aliphatic carbocycles. The molecule has 1 nitrogen and oxygen atoms in total. The Labute approximate surface area is 140 Å². The summed E-state index contributed by atoms with van der Waals surface area (Å²) in [5.41, 5.74) is 0.0851. The van der Waals surface area contributed by atoms with Gasteiger partial charge in [0.2, 0.25) is 5.82 Å². The van der Waals surface area contributed by atoms with Crippen molar-refractivity contribution < 1.29 is 13.5 Å². The molecule has 2 atom stereocenters. The summed E-state index contributed by atoms with van der Waals surface area (Å²) in [6.07, 6.45) is 7.94. The zero-order chi connectivity index (χ0) is 15.0. The van der Waals surface area contributed by atoms with Crippen LogP contribution in [0.2, 0.25) is 0 Å². The van der Waals surface area contributed by atoms with Crippen molar-refractivity contribution in [1.29, 1.82) is 0 Å². The first-order chi connectivity index (χ1) is 10.0. The number of hydrogen-bond acceptors (Lipinski definition) is 1. The maximum absolute atomic E-state index is 13.9. The van der Waals surface area contributed by atoms with E-state index in [2.05, 4.69) is 31.9 Å². The first kappa shape index (κ1) is 15.7. The molecule has 0 bridgehead atoms. The molecule has 1 spiro atoms. The molecule has 2 unspecified atom stereocenters. The third-order valence-electron chi connectivity index (χ3n) is 4.95. The lowest BCUT2D eigenvalue weighted by atomic mass is 9.61. The van der Waals surface area contributed by atoms with Crippen molar-refractivity contribution in [2.75, 3.05) is 0 Å². The van der Waals surface area contributed by atoms with Gasteiger partial charge < -0.3 is 4.74 Å². The first-order valence-corrected chi connectivity index (χ1v) is 9.19. The van der Waals surface area contributed by atoms with Crippen molar-refractivity contribution in [3.63, 3.8) is 0 Å². The Hall–Kier alpha value is -0.160. The summed E-state index contributed by atoms with van der Waals surface area (Å²) < 4.78 is 33.8. The molecule has 5 heteroatoms. The van der Waals surface area contributed by atoms with E-state index in [9.17, 15) is 8.78 Å². The number of hydrogen-bond donors (Lipinski definition) is 0. The summed E-state index contributed by atoms with van der Waals surface area (Å²) in [5.74, 6) is -1.74. The summed E-state index contributed by atoms with van der Waals surface area (Å²) in [7, 11) is 0. The molecule has 1 aromatic carbocycles. The Morgan fingerprint density at radius 1 is 1.10 bits per heavy atom. The summed E-state index contributed by atoms with van der Waals surface area (Å²) in [4.78, 5) is 0.424. The quantitative estimate of drug-likeness (QED) is 0.419. The fraction of sp³-hybridized carbons (Fsp3) is 0.625. The third kappa shape index (κ3) is 2.88. The Balaban J connectivity index is 1.82. The SMILES string of the molecule is Fc1cc(Br)cc(OC2CC(Br)C23CCCCCC3)c1F. The van der Waals surface area contributed by atoms with E-state index in [-0.39, 0.29) is 17.3 Å². The second kappa shape index (κ2) is 6.15. The Kier molecular flexibility index (Phi) is 4.60. The highest BCUT2D eigenvalue weighted by Crippen LogP contribution is 2.55. The molecule has 3 rings (SSSR count). The highest BCUT2D eigenvalue weighted by atomic mass is 79.9. The van der Waals surface area contributed by atoms with Crippen LogP contribution in [0.1, 0.15) is 44.9 Å². The van der Waals surface area contributed by atoms with Crippen LogP contribution in [-0.2, 0) is 0 Å². The lowest BCUT2D eigenvalue weighted by molar-refractivity contribution is -0.0483. The molecule has 0 radical (unpaired) electrons. The molecule has 21 heavy (non-hydrogen) atoms. The molecule has 0 heterocycles. The summed E-state index contributed by atoms with van der Waals surface area (Å²) >= 11 is 6.95. The number of benzene rings is 1. The van der Waals surface area contributed by atoms with E-state index >= 15 is 0 Å². The van der Waals surface area contributed by atoms with Crippen LogP contribution in [0, 0.1) is 17.0 Å². The van der Waals surface area contributed by atoms with Crippen LogP contribution in [0.3, 0.4) is 0 Å². The van der Waals surface area contributed by atoms with Crippen molar-refractivity contribution in [2.45, 2.75) is 55.9 Å². The van der Waals surface area contributed by atoms with Gasteiger partial charge in [-0.25, -0.2) is 4.39 Å². The van der Waals surface area contributed by atoms with Crippen LogP contribution >= 0.6 is 31.9 Å². The van der Waals surface area contributed by atoms with Gasteiger partial charge in [0, 0.05) is 14.7 Å². The minimum Gasteiger partial charge on any atom is -0.487 e. The van der Waals surface area contributed by atoms with Gasteiger partial charge in [0.25, 0.3) is 0 Å². The lowest BCUT2D eigenvalue weighted by Gasteiger charge is -2.53. The maximum atomic E-state index is 13.9. The molecule has 0 aliphatic heterocycles. The number of halogens is 4. The van der Waals surface area contributed by atoms with Gasteiger partial charge in [0.15, 0.2) is 11.6 Å². The molecule has 0 aromatic heterocycles. The fourth-order valence-electron chi connectivity index (χ4n) is 3.66. The number of alkyl halides is 1. The monoisotopic (exact) mass is 422 g/mol. The molecule has 0 amide bonds. The van der Waals surface area contributed by atoms with Crippen molar-refractivity contribution in [3.8, 4) is 5.75 Å². The standard InChI is InChI=1S/C16H18Br2F2O/c17-10-7-11(19)15(20)12(8-10)21-14-9-13(18)16(14)5-3-1-2-4-6-16/h7-8,13-14H,1-6,9H2. The predicted octanol–water partition coefficient (Wildman–Crippen LogP) is 5.98. The van der Waals surface area contributed by atoms with Gasteiger partial charge in [-0.15, -0.1) is 0 Å². The summed E-state index contributed by atoms with van der Waals surface area (Å²) in [5, 5.41) is 0. The van der Waals surface area contributed by atoms with Crippen LogP contribution in [0.5, 0.6) is 5.75 Å². The van der Waals surface area contributed by atoms with E-state index < -0.39 is 11.6 Å². The van der Waals surface area contributed by atoms with E-state index in [4.69, 9.17) is 4.74 Å². The second-order valence-corrected chi connectivity index (χ2v) is 8.18. The van der Waals surface area contributed by atoms with Gasteiger partial charge >= 0.3 is 0 Å². The van der Waals surface area contributed by atoms with Crippen LogP contribution in [0.15, 0.2) is 16.6 Å². The lowest BCUT2D eigenvalue weighted by Crippen LogP contribution is -2.56. The van der Waals surface area contributed by atoms with Gasteiger partial charge in [-0.05, 0) is 31.4 Å². The molecular weight excluding hydrogens is 406 g/mol. The van der Waals surface area contributed by atoms with E-state index in [0.29, 0.717) is 9.30 Å². The third-order valence-corrected chi connectivity index (χ3v) is 6.69. The van der Waals surface area contributed by atoms with E-state index in [0.717, 1.165) is 25.3 Å². The molecule has 1 aromatic rings. The van der Waals surface area contributed by atoms with E-state index in [1.807, 2.05) is 0 Å². The van der Waals surface area contributed by atoms with Crippen LogP contribution in [-0.4, -0.2) is 10.9 Å². The zero-order valence-corrected chi connectivity index (χ0v) is 14.9. The normalized spacial score (nSPS) is 28.0. The van der Waals surface area contributed by atoms with Gasteiger partial charge in [0.05, 0.1) is 0 Å². The Bertz CT molecular complexity index is 527.